The van der Waals surface area contributed by atoms with Crippen LogP contribution in [-0.2, 0) is 9.59 Å². The Labute approximate surface area is 198 Å². The van der Waals surface area contributed by atoms with Crippen molar-refractivity contribution in [3.63, 3.8) is 0 Å². The number of hydrogen-bond donors (Lipinski definition) is 2. The zero-order chi connectivity index (χ0) is 24.4. The standard InChI is InChI=1S/C23H22ClF3N4O3/c24-13-6-7-15(14(25)12-13)28-23(34)29-16-4-3-11-31(22(16)33)18-9-8-17(20(26)21(18)27)30-10-2-1-5-19(30)32/h6-9,12,16H,1-5,10-11H2,(H2,28,29,34)/t16-/m1/s1. The van der Waals surface area contributed by atoms with Crippen LogP contribution in [0.15, 0.2) is 30.3 Å². The molecular formula is C23H22ClF3N4O3. The Morgan fingerprint density at radius 3 is 2.29 bits per heavy atom. The van der Waals surface area contributed by atoms with Gasteiger partial charge in [-0.3, -0.25) is 9.59 Å². The van der Waals surface area contributed by atoms with E-state index in [1.165, 1.54) is 29.2 Å². The van der Waals surface area contributed by atoms with E-state index in [0.717, 1.165) is 11.0 Å². The minimum atomic E-state index is -1.24. The molecule has 4 amide bonds. The van der Waals surface area contributed by atoms with Crippen LogP contribution in [0.5, 0.6) is 0 Å². The zero-order valence-electron chi connectivity index (χ0n) is 18.0. The Morgan fingerprint density at radius 1 is 0.941 bits per heavy atom. The number of carbonyl (C=O) groups excluding carboxylic acids is 3. The highest BCUT2D eigenvalue weighted by atomic mass is 35.5. The van der Waals surface area contributed by atoms with Gasteiger partial charge in [-0.25, -0.2) is 18.0 Å². The second kappa shape index (κ2) is 9.92. The summed E-state index contributed by atoms with van der Waals surface area (Å²) >= 11 is 5.69. The first-order valence-corrected chi connectivity index (χ1v) is 11.3. The van der Waals surface area contributed by atoms with Crippen LogP contribution >= 0.6 is 11.6 Å². The van der Waals surface area contributed by atoms with E-state index in [1.807, 2.05) is 0 Å². The summed E-state index contributed by atoms with van der Waals surface area (Å²) in [7, 11) is 0. The SMILES string of the molecule is O=C(Nc1ccc(Cl)cc1F)N[C@@H]1CCCN(c2ccc(N3CCCCC3=O)c(F)c2F)C1=O. The summed E-state index contributed by atoms with van der Waals surface area (Å²) in [5.74, 6) is -4.09. The molecule has 34 heavy (non-hydrogen) atoms. The molecule has 7 nitrogen and oxygen atoms in total. The highest BCUT2D eigenvalue weighted by molar-refractivity contribution is 6.30. The molecule has 11 heteroatoms. The fourth-order valence-corrected chi connectivity index (χ4v) is 4.32. The number of benzene rings is 2. The summed E-state index contributed by atoms with van der Waals surface area (Å²) in [6.45, 7) is 0.426. The lowest BCUT2D eigenvalue weighted by atomic mass is 10.0. The van der Waals surface area contributed by atoms with Crippen molar-refractivity contribution in [1.29, 1.82) is 0 Å². The van der Waals surface area contributed by atoms with Crippen molar-refractivity contribution in [3.05, 3.63) is 52.8 Å². The lowest BCUT2D eigenvalue weighted by Crippen LogP contribution is -2.53. The largest absolute Gasteiger partial charge is 0.326 e. The van der Waals surface area contributed by atoms with Crippen LogP contribution in [0.1, 0.15) is 32.1 Å². The van der Waals surface area contributed by atoms with E-state index in [9.17, 15) is 27.6 Å². The predicted octanol–water partition coefficient (Wildman–Crippen LogP) is 4.59. The maximum atomic E-state index is 15.0. The zero-order valence-corrected chi connectivity index (χ0v) is 18.8. The summed E-state index contributed by atoms with van der Waals surface area (Å²) < 4.78 is 43.8. The molecule has 2 aliphatic rings. The number of nitrogens with zero attached hydrogens (tertiary/aromatic N) is 2. The number of halogens is 4. The molecule has 180 valence electrons. The third-order valence-corrected chi connectivity index (χ3v) is 6.10. The number of nitrogens with one attached hydrogen (secondary N) is 2. The average Bonchev–Trinajstić information content (AvgIpc) is 2.80. The molecule has 2 saturated heterocycles. The summed E-state index contributed by atoms with van der Waals surface area (Å²) in [5, 5.41) is 4.91. The molecule has 0 unspecified atom stereocenters. The summed E-state index contributed by atoms with van der Waals surface area (Å²) in [6.07, 6.45) is 2.35. The third-order valence-electron chi connectivity index (χ3n) is 5.87. The van der Waals surface area contributed by atoms with Crippen molar-refractivity contribution in [3.8, 4) is 0 Å². The molecule has 1 atom stereocenters. The number of anilines is 3. The van der Waals surface area contributed by atoms with Crippen molar-refractivity contribution in [1.82, 2.24) is 5.32 Å². The van der Waals surface area contributed by atoms with Gasteiger partial charge in [0.25, 0.3) is 0 Å². The number of amides is 4. The van der Waals surface area contributed by atoms with Crippen molar-refractivity contribution in [2.24, 2.45) is 0 Å². The van der Waals surface area contributed by atoms with Crippen LogP contribution in [0.4, 0.5) is 35.0 Å². The lowest BCUT2D eigenvalue weighted by molar-refractivity contribution is -0.121. The molecule has 2 aromatic carbocycles. The molecule has 0 radical (unpaired) electrons. The van der Waals surface area contributed by atoms with Crippen LogP contribution in [-0.4, -0.2) is 37.0 Å². The van der Waals surface area contributed by atoms with Crippen molar-refractivity contribution in [2.75, 3.05) is 28.2 Å². The first-order chi connectivity index (χ1) is 16.3. The first kappa shape index (κ1) is 23.9. The van der Waals surface area contributed by atoms with Gasteiger partial charge in [0.2, 0.25) is 11.8 Å². The maximum Gasteiger partial charge on any atom is 0.319 e. The van der Waals surface area contributed by atoms with Crippen LogP contribution in [0.3, 0.4) is 0 Å². The molecule has 2 heterocycles. The number of urea groups is 1. The summed E-state index contributed by atoms with van der Waals surface area (Å²) in [4.78, 5) is 39.7. The Bertz CT molecular complexity index is 1150. The molecule has 0 aromatic heterocycles. The maximum absolute atomic E-state index is 15.0. The van der Waals surface area contributed by atoms with E-state index < -0.39 is 35.4 Å². The monoisotopic (exact) mass is 494 g/mol. The molecule has 2 N–H and O–H groups in total. The predicted molar refractivity (Wildman–Crippen MR) is 122 cm³/mol. The Hall–Kier alpha value is -3.27. The van der Waals surface area contributed by atoms with E-state index in [0.29, 0.717) is 25.8 Å². The van der Waals surface area contributed by atoms with Gasteiger partial charge in [-0.05, 0) is 56.0 Å². The number of piperidine rings is 2. The quantitative estimate of drug-likeness (QED) is 0.652. The van der Waals surface area contributed by atoms with E-state index in [-0.39, 0.29) is 47.4 Å². The fourth-order valence-electron chi connectivity index (χ4n) is 4.16. The minimum Gasteiger partial charge on any atom is -0.326 e. The molecule has 0 bridgehead atoms. The highest BCUT2D eigenvalue weighted by Crippen LogP contribution is 2.33. The van der Waals surface area contributed by atoms with Gasteiger partial charge in [-0.15, -0.1) is 0 Å². The van der Waals surface area contributed by atoms with Crippen molar-refractivity contribution < 1.29 is 27.6 Å². The number of rotatable bonds is 4. The van der Waals surface area contributed by atoms with Crippen molar-refractivity contribution in [2.45, 2.75) is 38.1 Å². The van der Waals surface area contributed by atoms with Crippen LogP contribution in [0, 0.1) is 17.5 Å². The van der Waals surface area contributed by atoms with Gasteiger partial charge >= 0.3 is 6.03 Å². The summed E-state index contributed by atoms with van der Waals surface area (Å²) in [5.41, 5.74) is -0.557. The van der Waals surface area contributed by atoms with Gasteiger partial charge in [-0.1, -0.05) is 11.6 Å². The van der Waals surface area contributed by atoms with E-state index in [4.69, 9.17) is 11.6 Å². The third kappa shape index (κ3) is 4.82. The molecule has 2 aromatic rings. The topological polar surface area (TPSA) is 81.8 Å². The second-order valence-electron chi connectivity index (χ2n) is 8.14. The number of carbonyl (C=O) groups is 3. The minimum absolute atomic E-state index is 0.127. The van der Waals surface area contributed by atoms with Crippen LogP contribution < -0.4 is 20.4 Å². The van der Waals surface area contributed by atoms with E-state index >= 15 is 0 Å². The van der Waals surface area contributed by atoms with Crippen LogP contribution in [0.25, 0.3) is 0 Å². The highest BCUT2D eigenvalue weighted by Gasteiger charge is 2.34. The molecule has 2 aliphatic heterocycles. The second-order valence-corrected chi connectivity index (χ2v) is 8.58. The molecule has 0 saturated carbocycles. The smallest absolute Gasteiger partial charge is 0.319 e. The van der Waals surface area contributed by atoms with E-state index in [2.05, 4.69) is 10.6 Å². The van der Waals surface area contributed by atoms with Gasteiger partial charge in [0.15, 0.2) is 11.6 Å². The normalized spacial score (nSPS) is 18.8. The Morgan fingerprint density at radius 2 is 1.62 bits per heavy atom. The molecule has 0 spiro atoms. The summed E-state index contributed by atoms with van der Waals surface area (Å²) in [6, 6.07) is 4.41. The van der Waals surface area contributed by atoms with Gasteiger partial charge < -0.3 is 20.4 Å². The number of hydrogen-bond acceptors (Lipinski definition) is 3. The lowest BCUT2D eigenvalue weighted by Gasteiger charge is -2.33. The van der Waals surface area contributed by atoms with Gasteiger partial charge in [-0.2, -0.15) is 0 Å². The van der Waals surface area contributed by atoms with Gasteiger partial charge in [0, 0.05) is 24.5 Å². The molecule has 2 fully saturated rings. The van der Waals surface area contributed by atoms with E-state index in [1.54, 1.807) is 0 Å². The Balaban J connectivity index is 1.48. The van der Waals surface area contributed by atoms with Crippen molar-refractivity contribution >= 4 is 46.5 Å². The molecule has 4 rings (SSSR count). The molecular weight excluding hydrogens is 473 g/mol. The van der Waals surface area contributed by atoms with Gasteiger partial charge in [0.1, 0.15) is 11.9 Å². The van der Waals surface area contributed by atoms with Gasteiger partial charge in [0.05, 0.1) is 17.1 Å². The first-order valence-electron chi connectivity index (χ1n) is 10.9. The fraction of sp³-hybridized carbons (Fsp3) is 0.348. The Kier molecular flexibility index (Phi) is 6.97. The average molecular weight is 495 g/mol. The molecule has 0 aliphatic carbocycles. The van der Waals surface area contributed by atoms with Crippen LogP contribution in [0.2, 0.25) is 5.02 Å².